The lowest BCUT2D eigenvalue weighted by atomic mass is 9.81. The van der Waals surface area contributed by atoms with Crippen LogP contribution >= 0.6 is 22.9 Å². The molecule has 0 radical (unpaired) electrons. The van der Waals surface area contributed by atoms with Crippen LogP contribution in [-0.4, -0.2) is 52.8 Å². The number of rotatable bonds is 10. The fraction of sp³-hybridized carbons (Fsp3) is 0.462. The Hall–Kier alpha value is -2.19. The first-order valence-electron chi connectivity index (χ1n) is 11.7. The molecular formula is C26H31ClN2O4S. The normalized spacial score (nSPS) is 19.9. The molecule has 0 aliphatic carbocycles. The number of nitrogens with zero attached hydrogens (tertiary/aromatic N) is 2. The standard InChI is InChI=1S/C26H31ClN2O4S/c1-33-18-5-6-23-20(15-18)19(8-11-28-23)24(30)7-4-17-9-13-29(16-21(17)26(31)32)12-2-3-25-22(27)10-14-34-25/h5-6,8,10-11,14-15,17,21,24,30H,2-4,7,9,12-13,16H2,1H3,(H,31,32)/t17-,21+,24?/m1/s1. The number of aliphatic hydroxyl groups is 1. The molecule has 3 aromatic rings. The average Bonchev–Trinajstić information content (AvgIpc) is 3.26. The molecule has 1 saturated heterocycles. The average molecular weight is 503 g/mol. The summed E-state index contributed by atoms with van der Waals surface area (Å²) in [5.41, 5.74) is 1.61. The van der Waals surface area contributed by atoms with E-state index in [4.69, 9.17) is 16.3 Å². The number of likely N-dealkylation sites (tertiary alicyclic amines) is 1. The monoisotopic (exact) mass is 502 g/mol. The number of aliphatic hydroxyl groups excluding tert-OH is 1. The Bertz CT molecular complexity index is 1120. The topological polar surface area (TPSA) is 82.9 Å². The zero-order valence-electron chi connectivity index (χ0n) is 19.3. The first kappa shape index (κ1) is 24.9. The van der Waals surface area contributed by atoms with E-state index in [2.05, 4.69) is 9.88 Å². The number of carboxylic acids is 1. The van der Waals surface area contributed by atoms with Crippen molar-refractivity contribution in [2.24, 2.45) is 11.8 Å². The molecule has 6 nitrogen and oxygen atoms in total. The van der Waals surface area contributed by atoms with Gasteiger partial charge in [0.25, 0.3) is 0 Å². The van der Waals surface area contributed by atoms with Crippen LogP contribution in [-0.2, 0) is 11.2 Å². The summed E-state index contributed by atoms with van der Waals surface area (Å²) in [7, 11) is 1.61. The van der Waals surface area contributed by atoms with Crippen LogP contribution in [0.3, 0.4) is 0 Å². The van der Waals surface area contributed by atoms with Gasteiger partial charge in [0.15, 0.2) is 0 Å². The summed E-state index contributed by atoms with van der Waals surface area (Å²) in [6, 6.07) is 9.39. The van der Waals surface area contributed by atoms with E-state index in [0.29, 0.717) is 25.1 Å². The van der Waals surface area contributed by atoms with Gasteiger partial charge < -0.3 is 19.8 Å². The van der Waals surface area contributed by atoms with Crippen LogP contribution in [0.2, 0.25) is 5.02 Å². The van der Waals surface area contributed by atoms with Gasteiger partial charge in [-0.3, -0.25) is 9.78 Å². The van der Waals surface area contributed by atoms with E-state index < -0.39 is 18.0 Å². The number of carboxylic acid groups (broad SMARTS) is 1. The Morgan fingerprint density at radius 2 is 2.21 bits per heavy atom. The van der Waals surface area contributed by atoms with Crippen LogP contribution in [0, 0.1) is 11.8 Å². The van der Waals surface area contributed by atoms with Crippen LogP contribution in [0.4, 0.5) is 0 Å². The molecule has 0 spiro atoms. The number of aromatic nitrogens is 1. The molecule has 0 amide bonds. The Balaban J connectivity index is 1.34. The lowest BCUT2D eigenvalue weighted by Crippen LogP contribution is -2.44. The van der Waals surface area contributed by atoms with Gasteiger partial charge in [0, 0.05) is 23.0 Å². The number of aryl methyl sites for hydroxylation is 1. The summed E-state index contributed by atoms with van der Waals surface area (Å²) < 4.78 is 5.33. The molecule has 182 valence electrons. The van der Waals surface area contributed by atoms with Crippen molar-refractivity contribution < 1.29 is 19.7 Å². The highest BCUT2D eigenvalue weighted by Gasteiger charge is 2.34. The second-order valence-corrected chi connectivity index (χ2v) is 10.4. The minimum Gasteiger partial charge on any atom is -0.497 e. The minimum absolute atomic E-state index is 0.0535. The number of hydrogen-bond acceptors (Lipinski definition) is 6. The molecule has 1 aliphatic heterocycles. The van der Waals surface area contributed by atoms with Crippen LogP contribution in [0.15, 0.2) is 41.9 Å². The van der Waals surface area contributed by atoms with Crippen LogP contribution in [0.5, 0.6) is 5.75 Å². The summed E-state index contributed by atoms with van der Waals surface area (Å²) in [5.74, 6) is -0.392. The Labute approximate surface area is 209 Å². The molecule has 1 aromatic carbocycles. The van der Waals surface area contributed by atoms with Crippen molar-refractivity contribution in [1.82, 2.24) is 9.88 Å². The number of pyridine rings is 1. The zero-order valence-corrected chi connectivity index (χ0v) is 20.9. The third-order valence-electron chi connectivity index (χ3n) is 6.88. The molecule has 2 aromatic heterocycles. The molecule has 34 heavy (non-hydrogen) atoms. The van der Waals surface area contributed by atoms with E-state index in [0.717, 1.165) is 53.8 Å². The van der Waals surface area contributed by atoms with Crippen molar-refractivity contribution in [2.45, 2.75) is 38.2 Å². The van der Waals surface area contributed by atoms with Crippen molar-refractivity contribution >= 4 is 39.8 Å². The maximum atomic E-state index is 12.0. The van der Waals surface area contributed by atoms with Crippen molar-refractivity contribution in [3.8, 4) is 5.75 Å². The quantitative estimate of drug-likeness (QED) is 0.385. The molecule has 0 bridgehead atoms. The van der Waals surface area contributed by atoms with Gasteiger partial charge in [0.1, 0.15) is 5.75 Å². The number of halogens is 1. The number of benzene rings is 1. The summed E-state index contributed by atoms with van der Waals surface area (Å²) in [5, 5.41) is 24.6. The van der Waals surface area contributed by atoms with Gasteiger partial charge >= 0.3 is 5.97 Å². The molecule has 1 aliphatic rings. The molecule has 3 heterocycles. The van der Waals surface area contributed by atoms with Crippen molar-refractivity contribution in [3.63, 3.8) is 0 Å². The van der Waals surface area contributed by atoms with Gasteiger partial charge in [0.05, 0.1) is 29.7 Å². The number of thiophene rings is 1. The largest absolute Gasteiger partial charge is 0.497 e. The number of aliphatic carboxylic acids is 1. The van der Waals surface area contributed by atoms with Crippen molar-refractivity contribution in [2.75, 3.05) is 26.7 Å². The first-order chi connectivity index (χ1) is 16.5. The van der Waals surface area contributed by atoms with Crippen molar-refractivity contribution in [1.29, 1.82) is 0 Å². The predicted molar refractivity (Wildman–Crippen MR) is 136 cm³/mol. The maximum Gasteiger partial charge on any atom is 0.308 e. The van der Waals surface area contributed by atoms with Gasteiger partial charge in [0.2, 0.25) is 0 Å². The smallest absolute Gasteiger partial charge is 0.308 e. The second kappa shape index (κ2) is 11.5. The first-order valence-corrected chi connectivity index (χ1v) is 13.0. The Morgan fingerprint density at radius 1 is 1.35 bits per heavy atom. The number of piperidine rings is 1. The fourth-order valence-electron chi connectivity index (χ4n) is 4.95. The van der Waals surface area contributed by atoms with Gasteiger partial charge in [-0.1, -0.05) is 11.6 Å². The van der Waals surface area contributed by atoms with E-state index in [-0.39, 0.29) is 5.92 Å². The van der Waals surface area contributed by atoms with E-state index in [9.17, 15) is 15.0 Å². The minimum atomic E-state index is -0.746. The van der Waals surface area contributed by atoms with Crippen molar-refractivity contribution in [3.05, 3.63) is 57.4 Å². The lowest BCUT2D eigenvalue weighted by molar-refractivity contribution is -0.146. The van der Waals surface area contributed by atoms with E-state index in [1.165, 1.54) is 4.88 Å². The second-order valence-electron chi connectivity index (χ2n) is 8.97. The number of hydrogen-bond donors (Lipinski definition) is 2. The molecule has 1 unspecified atom stereocenters. The van der Waals surface area contributed by atoms with Gasteiger partial charge in [-0.05, 0) is 92.4 Å². The van der Waals surface area contributed by atoms with Crippen LogP contribution < -0.4 is 4.74 Å². The highest BCUT2D eigenvalue weighted by molar-refractivity contribution is 7.10. The van der Waals surface area contributed by atoms with E-state index in [1.54, 1.807) is 24.6 Å². The van der Waals surface area contributed by atoms with Gasteiger partial charge in [-0.15, -0.1) is 11.3 Å². The highest BCUT2D eigenvalue weighted by atomic mass is 35.5. The highest BCUT2D eigenvalue weighted by Crippen LogP contribution is 2.34. The summed E-state index contributed by atoms with van der Waals surface area (Å²) in [4.78, 5) is 19.9. The van der Waals surface area contributed by atoms with Crippen LogP contribution in [0.1, 0.15) is 42.2 Å². The predicted octanol–water partition coefficient (Wildman–Crippen LogP) is 5.43. The molecule has 1 fully saturated rings. The van der Waals surface area contributed by atoms with Gasteiger partial charge in [-0.2, -0.15) is 0 Å². The summed E-state index contributed by atoms with van der Waals surface area (Å²) in [6.07, 6.45) is 4.93. The van der Waals surface area contributed by atoms with Gasteiger partial charge in [-0.25, -0.2) is 0 Å². The molecule has 4 rings (SSSR count). The lowest BCUT2D eigenvalue weighted by Gasteiger charge is -2.37. The molecular weight excluding hydrogens is 472 g/mol. The Kier molecular flexibility index (Phi) is 8.42. The molecule has 8 heteroatoms. The number of carbonyl (C=O) groups is 1. The molecule has 0 saturated carbocycles. The van der Waals surface area contributed by atoms with E-state index >= 15 is 0 Å². The maximum absolute atomic E-state index is 12.0. The fourth-order valence-corrected chi connectivity index (χ4v) is 6.13. The van der Waals surface area contributed by atoms with E-state index in [1.807, 2.05) is 35.7 Å². The number of fused-ring (bicyclic) bond motifs is 1. The molecule has 2 N–H and O–H groups in total. The third-order valence-corrected chi connectivity index (χ3v) is 8.33. The SMILES string of the molecule is COc1ccc2nccc(C(O)CC[C@@H]3CCN(CCCc4sccc4Cl)C[C@@H]3C(=O)O)c2c1. The summed E-state index contributed by atoms with van der Waals surface area (Å²) in [6.45, 7) is 2.32. The Morgan fingerprint density at radius 3 is 2.94 bits per heavy atom. The molecule has 3 atom stereocenters. The number of ether oxygens (including phenoxy) is 1. The number of methoxy groups -OCH3 is 1. The zero-order chi connectivity index (χ0) is 24.1. The third kappa shape index (κ3) is 5.89. The summed E-state index contributed by atoms with van der Waals surface area (Å²) >= 11 is 7.86. The van der Waals surface area contributed by atoms with Crippen LogP contribution in [0.25, 0.3) is 10.9 Å².